The molecule has 4 nitrogen and oxygen atoms in total. The van der Waals surface area contributed by atoms with Gasteiger partial charge in [-0.25, -0.2) is 0 Å². The predicted octanol–water partition coefficient (Wildman–Crippen LogP) is 7.72. The first-order valence-electron chi connectivity index (χ1n) is 12.6. The number of pyridine rings is 1. The molecule has 0 N–H and O–H groups in total. The molecule has 34 heavy (non-hydrogen) atoms. The molecule has 0 unspecified atom stereocenters. The fraction of sp³-hybridized carbons (Fsp3) is 0.367. The molecule has 1 aliphatic rings. The maximum Gasteiger partial charge on any atom is 0.129 e. The quantitative estimate of drug-likeness (QED) is 0.296. The maximum atomic E-state index is 6.40. The Labute approximate surface area is 204 Å². The van der Waals surface area contributed by atoms with Gasteiger partial charge in [-0.2, -0.15) is 0 Å². The molecule has 0 saturated heterocycles. The van der Waals surface area contributed by atoms with Gasteiger partial charge in [-0.3, -0.25) is 4.98 Å². The van der Waals surface area contributed by atoms with E-state index in [2.05, 4.69) is 97.7 Å². The van der Waals surface area contributed by atoms with Crippen LogP contribution < -0.4 is 9.64 Å². The lowest BCUT2D eigenvalue weighted by Gasteiger charge is -2.34. The van der Waals surface area contributed by atoms with Gasteiger partial charge in [0.1, 0.15) is 11.5 Å². The molecule has 2 aromatic carbocycles. The van der Waals surface area contributed by atoms with Crippen LogP contribution in [0.3, 0.4) is 0 Å². The van der Waals surface area contributed by atoms with Gasteiger partial charge < -0.3 is 14.5 Å². The van der Waals surface area contributed by atoms with Crippen LogP contribution >= 0.6 is 0 Å². The minimum absolute atomic E-state index is 0.0978. The van der Waals surface area contributed by atoms with Crippen LogP contribution in [0.15, 0.2) is 85.3 Å². The van der Waals surface area contributed by atoms with E-state index in [0.717, 1.165) is 36.7 Å². The molecule has 4 heteroatoms. The Morgan fingerprint density at radius 2 is 1.59 bits per heavy atom. The van der Waals surface area contributed by atoms with Crippen LogP contribution in [0.4, 0.5) is 5.69 Å². The summed E-state index contributed by atoms with van der Waals surface area (Å²) in [5.74, 6) is 1.72. The molecule has 0 atom stereocenters. The first-order chi connectivity index (χ1) is 16.6. The summed E-state index contributed by atoms with van der Waals surface area (Å²) in [7, 11) is 2.08. The second-order valence-electron chi connectivity index (χ2n) is 9.30. The van der Waals surface area contributed by atoms with Gasteiger partial charge >= 0.3 is 0 Å². The molecule has 0 aliphatic carbocycles. The largest absolute Gasteiger partial charge is 0.457 e. The number of nitrogens with zero attached hydrogens (tertiary/aromatic N) is 3. The SMILES string of the molecule is CCCCC(CCCC)(c1cccc(Oc2cccc(N3C=CN(C)C3)c2)c1)c1ccccn1. The standard InChI is InChI=1S/C30H37N3O/c1-4-6-17-30(18-7-5-2,29-16-8-9-19-31-29)25-12-10-14-27(22-25)34-28-15-11-13-26(23-28)33-21-20-32(3)24-33/h8-16,19-23H,4-7,17-18,24H2,1-3H3. The first kappa shape index (κ1) is 23.9. The van der Waals surface area contributed by atoms with E-state index in [-0.39, 0.29) is 5.41 Å². The summed E-state index contributed by atoms with van der Waals surface area (Å²) in [6.45, 7) is 5.38. The zero-order valence-corrected chi connectivity index (χ0v) is 20.8. The molecule has 2 heterocycles. The first-order valence-corrected chi connectivity index (χ1v) is 12.6. The molecule has 0 saturated carbocycles. The summed E-state index contributed by atoms with van der Waals surface area (Å²) in [5, 5.41) is 0. The van der Waals surface area contributed by atoms with Gasteiger partial charge in [0.15, 0.2) is 0 Å². The van der Waals surface area contributed by atoms with Crippen molar-refractivity contribution in [2.24, 2.45) is 0 Å². The monoisotopic (exact) mass is 455 g/mol. The molecular formula is C30H37N3O. The Morgan fingerprint density at radius 3 is 2.24 bits per heavy atom. The van der Waals surface area contributed by atoms with Gasteiger partial charge in [-0.15, -0.1) is 0 Å². The van der Waals surface area contributed by atoms with Crippen molar-refractivity contribution in [3.05, 3.63) is 96.6 Å². The van der Waals surface area contributed by atoms with Crippen molar-refractivity contribution in [1.82, 2.24) is 9.88 Å². The highest BCUT2D eigenvalue weighted by Crippen LogP contribution is 2.42. The lowest BCUT2D eigenvalue weighted by molar-refractivity contribution is 0.393. The minimum atomic E-state index is -0.0978. The van der Waals surface area contributed by atoms with E-state index in [4.69, 9.17) is 9.72 Å². The molecule has 3 aromatic rings. The Morgan fingerprint density at radius 1 is 0.853 bits per heavy atom. The summed E-state index contributed by atoms with van der Waals surface area (Å²) in [6, 6.07) is 23.3. The Bertz CT molecular complexity index is 1070. The fourth-order valence-corrected chi connectivity index (χ4v) is 4.84. The second-order valence-corrected chi connectivity index (χ2v) is 9.30. The van der Waals surface area contributed by atoms with Gasteiger partial charge in [-0.05, 0) is 54.8 Å². The number of hydrogen-bond donors (Lipinski definition) is 0. The van der Waals surface area contributed by atoms with E-state index < -0.39 is 0 Å². The summed E-state index contributed by atoms with van der Waals surface area (Å²) >= 11 is 0. The van der Waals surface area contributed by atoms with Crippen molar-refractivity contribution in [1.29, 1.82) is 0 Å². The molecule has 0 fully saturated rings. The van der Waals surface area contributed by atoms with E-state index in [1.165, 1.54) is 36.9 Å². The number of unbranched alkanes of at least 4 members (excludes halogenated alkanes) is 2. The summed E-state index contributed by atoms with van der Waals surface area (Å²) in [4.78, 5) is 9.22. The molecular weight excluding hydrogens is 418 g/mol. The van der Waals surface area contributed by atoms with Crippen LogP contribution in [0, 0.1) is 0 Å². The molecule has 4 rings (SSSR count). The number of hydrogen-bond acceptors (Lipinski definition) is 4. The molecule has 1 aliphatic heterocycles. The predicted molar refractivity (Wildman–Crippen MR) is 141 cm³/mol. The van der Waals surface area contributed by atoms with E-state index in [1.807, 2.05) is 18.3 Å². The van der Waals surface area contributed by atoms with Gasteiger partial charge in [0.25, 0.3) is 0 Å². The van der Waals surface area contributed by atoms with Gasteiger partial charge in [0, 0.05) is 42.8 Å². The van der Waals surface area contributed by atoms with Crippen LogP contribution in [0.1, 0.15) is 63.6 Å². The number of rotatable bonds is 11. The van der Waals surface area contributed by atoms with Gasteiger partial charge in [-0.1, -0.05) is 63.8 Å². The van der Waals surface area contributed by atoms with E-state index >= 15 is 0 Å². The number of aromatic nitrogens is 1. The van der Waals surface area contributed by atoms with Crippen molar-refractivity contribution in [2.75, 3.05) is 18.6 Å². The lowest BCUT2D eigenvalue weighted by atomic mass is 9.70. The number of anilines is 1. The molecule has 1 aromatic heterocycles. The van der Waals surface area contributed by atoms with Crippen molar-refractivity contribution in [3.63, 3.8) is 0 Å². The zero-order chi connectivity index (χ0) is 23.8. The Balaban J connectivity index is 1.65. The topological polar surface area (TPSA) is 28.6 Å². The Hall–Kier alpha value is -3.27. The second kappa shape index (κ2) is 11.2. The Kier molecular flexibility index (Phi) is 7.89. The van der Waals surface area contributed by atoms with Crippen molar-refractivity contribution >= 4 is 5.69 Å². The van der Waals surface area contributed by atoms with Crippen LogP contribution in [-0.2, 0) is 5.41 Å². The molecule has 0 spiro atoms. The highest BCUT2D eigenvalue weighted by molar-refractivity contribution is 5.54. The van der Waals surface area contributed by atoms with Gasteiger partial charge in [0.05, 0.1) is 12.4 Å². The molecule has 0 bridgehead atoms. The van der Waals surface area contributed by atoms with Crippen LogP contribution in [0.25, 0.3) is 0 Å². The third kappa shape index (κ3) is 5.44. The minimum Gasteiger partial charge on any atom is -0.457 e. The summed E-state index contributed by atoms with van der Waals surface area (Å²) < 4.78 is 6.40. The smallest absolute Gasteiger partial charge is 0.129 e. The highest BCUT2D eigenvalue weighted by Gasteiger charge is 2.34. The molecule has 0 radical (unpaired) electrons. The average Bonchev–Trinajstić information content (AvgIpc) is 3.32. The van der Waals surface area contributed by atoms with Gasteiger partial charge in [0.2, 0.25) is 0 Å². The van der Waals surface area contributed by atoms with E-state index in [1.54, 1.807) is 0 Å². The van der Waals surface area contributed by atoms with Crippen LogP contribution in [0.5, 0.6) is 11.5 Å². The third-order valence-electron chi connectivity index (χ3n) is 6.72. The van der Waals surface area contributed by atoms with Crippen molar-refractivity contribution in [2.45, 2.75) is 57.8 Å². The number of ether oxygens (including phenoxy) is 1. The van der Waals surface area contributed by atoms with E-state index in [9.17, 15) is 0 Å². The zero-order valence-electron chi connectivity index (χ0n) is 20.8. The highest BCUT2D eigenvalue weighted by atomic mass is 16.5. The van der Waals surface area contributed by atoms with Crippen molar-refractivity contribution < 1.29 is 4.74 Å². The molecule has 178 valence electrons. The van der Waals surface area contributed by atoms with Crippen molar-refractivity contribution in [3.8, 4) is 11.5 Å². The molecule has 0 amide bonds. The fourth-order valence-electron chi connectivity index (χ4n) is 4.84. The normalized spacial score (nSPS) is 13.5. The summed E-state index contributed by atoms with van der Waals surface area (Å²) in [5.41, 5.74) is 3.49. The summed E-state index contributed by atoms with van der Waals surface area (Å²) in [6.07, 6.45) is 13.0. The van der Waals surface area contributed by atoms with Crippen LogP contribution in [0.2, 0.25) is 0 Å². The third-order valence-corrected chi connectivity index (χ3v) is 6.72. The van der Waals surface area contributed by atoms with Crippen LogP contribution in [-0.4, -0.2) is 23.6 Å². The van der Waals surface area contributed by atoms with E-state index in [0.29, 0.717) is 0 Å². The average molecular weight is 456 g/mol. The lowest BCUT2D eigenvalue weighted by Crippen LogP contribution is -2.29. The number of benzene rings is 2. The maximum absolute atomic E-state index is 6.40.